The summed E-state index contributed by atoms with van der Waals surface area (Å²) in [7, 11) is 1.81. The summed E-state index contributed by atoms with van der Waals surface area (Å²) in [4.78, 5) is 6.81. The largest absolute Gasteiger partial charge is 0.379 e. The van der Waals surface area contributed by atoms with Crippen LogP contribution in [0.1, 0.15) is 22.3 Å². The monoisotopic (exact) mass is 366 g/mol. The number of rotatable bonds is 6. The predicted molar refractivity (Wildman–Crippen MR) is 111 cm³/mol. The molecule has 0 spiro atoms. The molecule has 5 heteroatoms. The maximum atomic E-state index is 5.45. The number of hydrogen-bond donors (Lipinski definition) is 2. The van der Waals surface area contributed by atoms with E-state index in [0.29, 0.717) is 0 Å². The van der Waals surface area contributed by atoms with Crippen molar-refractivity contribution in [3.63, 3.8) is 0 Å². The summed E-state index contributed by atoms with van der Waals surface area (Å²) in [5, 5.41) is 6.86. The van der Waals surface area contributed by atoms with Gasteiger partial charge in [0.15, 0.2) is 5.96 Å². The molecular formula is C22H30N4O. The molecule has 1 aliphatic heterocycles. The van der Waals surface area contributed by atoms with E-state index in [9.17, 15) is 0 Å². The smallest absolute Gasteiger partial charge is 0.191 e. The first-order chi connectivity index (χ1) is 13.3. The fourth-order valence-electron chi connectivity index (χ4n) is 3.27. The van der Waals surface area contributed by atoms with Gasteiger partial charge in [0, 0.05) is 39.8 Å². The van der Waals surface area contributed by atoms with Gasteiger partial charge in [0.25, 0.3) is 0 Å². The van der Waals surface area contributed by atoms with E-state index in [0.717, 1.165) is 51.9 Å². The van der Waals surface area contributed by atoms with Gasteiger partial charge in [0.2, 0.25) is 0 Å². The van der Waals surface area contributed by atoms with E-state index in [4.69, 9.17) is 4.74 Å². The summed E-state index contributed by atoms with van der Waals surface area (Å²) in [6, 6.07) is 17.0. The van der Waals surface area contributed by atoms with Crippen molar-refractivity contribution in [3.8, 4) is 0 Å². The first-order valence-corrected chi connectivity index (χ1v) is 9.62. The van der Waals surface area contributed by atoms with E-state index < -0.39 is 0 Å². The molecule has 0 aromatic heterocycles. The highest BCUT2D eigenvalue weighted by molar-refractivity contribution is 5.79. The van der Waals surface area contributed by atoms with Crippen LogP contribution in [0.3, 0.4) is 0 Å². The van der Waals surface area contributed by atoms with Gasteiger partial charge in [-0.1, -0.05) is 48.5 Å². The van der Waals surface area contributed by atoms with Gasteiger partial charge in [-0.05, 0) is 29.2 Å². The summed E-state index contributed by atoms with van der Waals surface area (Å²) in [5.41, 5.74) is 5.24. The summed E-state index contributed by atoms with van der Waals surface area (Å²) in [6.07, 6.45) is 0. The molecule has 0 amide bonds. The lowest BCUT2D eigenvalue weighted by atomic mass is 10.1. The third kappa shape index (κ3) is 5.81. The summed E-state index contributed by atoms with van der Waals surface area (Å²) >= 11 is 0. The van der Waals surface area contributed by atoms with Crippen LogP contribution in [0.4, 0.5) is 0 Å². The molecule has 0 saturated carbocycles. The molecule has 0 atom stereocenters. The third-order valence-corrected chi connectivity index (χ3v) is 4.99. The van der Waals surface area contributed by atoms with Crippen LogP contribution in [0, 0.1) is 6.92 Å². The van der Waals surface area contributed by atoms with Crippen LogP contribution < -0.4 is 10.6 Å². The van der Waals surface area contributed by atoms with Gasteiger partial charge in [-0.25, -0.2) is 0 Å². The minimum absolute atomic E-state index is 0.758. The minimum Gasteiger partial charge on any atom is -0.379 e. The fourth-order valence-corrected chi connectivity index (χ4v) is 3.27. The van der Waals surface area contributed by atoms with Crippen LogP contribution in [0.5, 0.6) is 0 Å². The van der Waals surface area contributed by atoms with Crippen molar-refractivity contribution in [2.24, 2.45) is 4.99 Å². The van der Waals surface area contributed by atoms with Crippen molar-refractivity contribution in [3.05, 3.63) is 70.8 Å². The van der Waals surface area contributed by atoms with Crippen molar-refractivity contribution in [1.29, 1.82) is 0 Å². The molecular weight excluding hydrogens is 336 g/mol. The second-order valence-electron chi connectivity index (χ2n) is 6.86. The van der Waals surface area contributed by atoms with E-state index in [1.165, 1.54) is 22.3 Å². The SMILES string of the molecule is CN=C(NCc1ccccc1C)NCc1ccccc1CN1CCOCC1. The van der Waals surface area contributed by atoms with Crippen molar-refractivity contribution in [2.45, 2.75) is 26.6 Å². The molecule has 27 heavy (non-hydrogen) atoms. The lowest BCUT2D eigenvalue weighted by molar-refractivity contribution is 0.0341. The van der Waals surface area contributed by atoms with E-state index >= 15 is 0 Å². The van der Waals surface area contributed by atoms with E-state index in [1.807, 2.05) is 7.05 Å². The predicted octanol–water partition coefficient (Wildman–Crippen LogP) is 2.69. The molecule has 0 unspecified atom stereocenters. The van der Waals surface area contributed by atoms with Gasteiger partial charge in [-0.3, -0.25) is 9.89 Å². The molecule has 1 fully saturated rings. The number of ether oxygens (including phenoxy) is 1. The maximum Gasteiger partial charge on any atom is 0.191 e. The fraction of sp³-hybridized carbons (Fsp3) is 0.409. The standard InChI is InChI=1S/C22H30N4O/c1-18-7-3-4-8-19(18)15-24-22(23-2)25-16-20-9-5-6-10-21(20)17-26-11-13-27-14-12-26/h3-10H,11-17H2,1-2H3,(H2,23,24,25). The zero-order chi connectivity index (χ0) is 18.9. The maximum absolute atomic E-state index is 5.45. The Hall–Kier alpha value is -2.37. The Bertz CT molecular complexity index is 753. The molecule has 2 aromatic carbocycles. The Morgan fingerprint density at radius 3 is 2.19 bits per heavy atom. The second-order valence-corrected chi connectivity index (χ2v) is 6.86. The zero-order valence-corrected chi connectivity index (χ0v) is 16.4. The molecule has 0 bridgehead atoms. The van der Waals surface area contributed by atoms with Gasteiger partial charge < -0.3 is 15.4 Å². The Kier molecular flexibility index (Phi) is 7.25. The highest BCUT2D eigenvalue weighted by Crippen LogP contribution is 2.13. The van der Waals surface area contributed by atoms with Crippen LogP contribution >= 0.6 is 0 Å². The van der Waals surface area contributed by atoms with Crippen LogP contribution in [0.2, 0.25) is 0 Å². The molecule has 2 aromatic rings. The van der Waals surface area contributed by atoms with Gasteiger partial charge >= 0.3 is 0 Å². The van der Waals surface area contributed by atoms with Crippen LogP contribution in [0.25, 0.3) is 0 Å². The molecule has 1 aliphatic rings. The number of hydrogen-bond acceptors (Lipinski definition) is 3. The van der Waals surface area contributed by atoms with Crippen LogP contribution in [-0.2, 0) is 24.4 Å². The number of morpholine rings is 1. The van der Waals surface area contributed by atoms with E-state index in [2.05, 4.69) is 76.0 Å². The second kappa shape index (κ2) is 10.1. The molecule has 0 aliphatic carbocycles. The first kappa shape index (κ1) is 19.4. The van der Waals surface area contributed by atoms with Crippen molar-refractivity contribution < 1.29 is 4.74 Å². The number of aliphatic imine (C=N–C) groups is 1. The van der Waals surface area contributed by atoms with Gasteiger partial charge in [-0.2, -0.15) is 0 Å². The Morgan fingerprint density at radius 2 is 1.52 bits per heavy atom. The number of aryl methyl sites for hydroxylation is 1. The first-order valence-electron chi connectivity index (χ1n) is 9.62. The number of guanidine groups is 1. The lowest BCUT2D eigenvalue weighted by Gasteiger charge is -2.27. The van der Waals surface area contributed by atoms with E-state index in [1.54, 1.807) is 0 Å². The number of nitrogens with one attached hydrogen (secondary N) is 2. The number of benzene rings is 2. The van der Waals surface area contributed by atoms with E-state index in [-0.39, 0.29) is 0 Å². The molecule has 144 valence electrons. The third-order valence-electron chi connectivity index (χ3n) is 4.99. The van der Waals surface area contributed by atoms with Crippen molar-refractivity contribution in [2.75, 3.05) is 33.4 Å². The number of nitrogens with zero attached hydrogens (tertiary/aromatic N) is 2. The highest BCUT2D eigenvalue weighted by atomic mass is 16.5. The van der Waals surface area contributed by atoms with Crippen molar-refractivity contribution in [1.82, 2.24) is 15.5 Å². The van der Waals surface area contributed by atoms with Crippen molar-refractivity contribution >= 4 is 5.96 Å². The van der Waals surface area contributed by atoms with Gasteiger partial charge in [0.1, 0.15) is 0 Å². The molecule has 0 radical (unpaired) electrons. The zero-order valence-electron chi connectivity index (χ0n) is 16.4. The summed E-state index contributed by atoms with van der Waals surface area (Å²) in [6.45, 7) is 8.29. The summed E-state index contributed by atoms with van der Waals surface area (Å²) in [5.74, 6) is 0.819. The lowest BCUT2D eigenvalue weighted by Crippen LogP contribution is -2.37. The molecule has 2 N–H and O–H groups in total. The Morgan fingerprint density at radius 1 is 0.926 bits per heavy atom. The topological polar surface area (TPSA) is 48.9 Å². The van der Waals surface area contributed by atoms with Gasteiger partial charge in [-0.15, -0.1) is 0 Å². The van der Waals surface area contributed by atoms with Gasteiger partial charge in [0.05, 0.1) is 13.2 Å². The average molecular weight is 367 g/mol. The Labute approximate surface area is 162 Å². The molecule has 3 rings (SSSR count). The summed E-state index contributed by atoms with van der Waals surface area (Å²) < 4.78 is 5.45. The van der Waals surface area contributed by atoms with Crippen LogP contribution in [-0.4, -0.2) is 44.2 Å². The average Bonchev–Trinajstić information content (AvgIpc) is 2.71. The quantitative estimate of drug-likeness (QED) is 0.610. The highest BCUT2D eigenvalue weighted by Gasteiger charge is 2.12. The Balaban J connectivity index is 1.55. The normalized spacial score (nSPS) is 15.6. The van der Waals surface area contributed by atoms with Crippen LogP contribution in [0.15, 0.2) is 53.5 Å². The molecule has 1 heterocycles. The molecule has 5 nitrogen and oxygen atoms in total. The molecule has 1 saturated heterocycles. The minimum atomic E-state index is 0.758.